The molecule has 0 saturated carbocycles. The van der Waals surface area contributed by atoms with Crippen molar-refractivity contribution in [3.05, 3.63) is 131 Å². The molecule has 2 N–H and O–H groups in total. The second-order valence-corrected chi connectivity index (χ2v) is 10.2. The van der Waals surface area contributed by atoms with Gasteiger partial charge in [0.1, 0.15) is 11.9 Å². The zero-order chi connectivity index (χ0) is 30.7. The molecule has 0 fully saturated rings. The summed E-state index contributed by atoms with van der Waals surface area (Å²) >= 11 is 0. The van der Waals surface area contributed by atoms with Crippen molar-refractivity contribution < 1.29 is 31.9 Å². The molecule has 2 atom stereocenters. The van der Waals surface area contributed by atoms with Crippen LogP contribution in [0.1, 0.15) is 28.3 Å². The Morgan fingerprint density at radius 3 is 2.42 bits per heavy atom. The fourth-order valence-electron chi connectivity index (χ4n) is 5.46. The first-order valence-electron chi connectivity index (χ1n) is 13.5. The molecule has 3 aromatic carbocycles. The number of carbonyl (C=O) groups excluding carboxylic acids is 3. The molecule has 3 aromatic rings. The molecule has 0 saturated heterocycles. The van der Waals surface area contributed by atoms with Gasteiger partial charge in [-0.1, -0.05) is 66.7 Å². The lowest BCUT2D eigenvalue weighted by Crippen LogP contribution is -2.49. The van der Waals surface area contributed by atoms with E-state index in [9.17, 15) is 31.9 Å². The molecule has 0 aromatic heterocycles. The van der Waals surface area contributed by atoms with E-state index in [2.05, 4.69) is 17.2 Å². The first-order chi connectivity index (χ1) is 20.6. The van der Waals surface area contributed by atoms with E-state index < -0.39 is 47.5 Å². The van der Waals surface area contributed by atoms with E-state index >= 15 is 0 Å². The second kappa shape index (κ2) is 12.1. The number of amides is 4. The lowest BCUT2D eigenvalue weighted by Gasteiger charge is -2.33. The lowest BCUT2D eigenvalue weighted by atomic mass is 9.91. The van der Waals surface area contributed by atoms with E-state index in [1.807, 2.05) is 0 Å². The Morgan fingerprint density at radius 1 is 1.02 bits per heavy atom. The van der Waals surface area contributed by atoms with Crippen LogP contribution in [0.15, 0.2) is 103 Å². The summed E-state index contributed by atoms with van der Waals surface area (Å²) in [5, 5.41) is 5.33. The Hall–Kier alpha value is -4.93. The highest BCUT2D eigenvalue weighted by molar-refractivity contribution is 6.03. The van der Waals surface area contributed by atoms with Gasteiger partial charge < -0.3 is 15.5 Å². The molecule has 2 unspecified atom stereocenters. The largest absolute Gasteiger partial charge is 0.416 e. The van der Waals surface area contributed by atoms with Gasteiger partial charge in [-0.05, 0) is 34.9 Å². The molecule has 222 valence electrons. The summed E-state index contributed by atoms with van der Waals surface area (Å²) in [5.74, 6) is -1.68. The fourth-order valence-corrected chi connectivity index (χ4v) is 5.46. The fraction of sp³-hybridized carbons (Fsp3) is 0.219. The predicted molar refractivity (Wildman–Crippen MR) is 151 cm³/mol. The van der Waals surface area contributed by atoms with Crippen molar-refractivity contribution in [2.75, 3.05) is 13.1 Å². The maximum absolute atomic E-state index is 14.1. The van der Waals surface area contributed by atoms with E-state index in [1.54, 1.807) is 36.4 Å². The van der Waals surface area contributed by atoms with E-state index in [1.165, 1.54) is 52.3 Å². The van der Waals surface area contributed by atoms with Crippen molar-refractivity contribution in [3.8, 4) is 0 Å². The van der Waals surface area contributed by atoms with Crippen LogP contribution in [-0.4, -0.2) is 46.8 Å². The third-order valence-corrected chi connectivity index (χ3v) is 7.45. The number of urea groups is 1. The molecule has 0 aliphatic carbocycles. The van der Waals surface area contributed by atoms with Gasteiger partial charge in [-0.25, -0.2) is 9.18 Å². The van der Waals surface area contributed by atoms with Gasteiger partial charge in [0, 0.05) is 19.5 Å². The summed E-state index contributed by atoms with van der Waals surface area (Å²) in [4.78, 5) is 43.5. The second-order valence-electron chi connectivity index (χ2n) is 10.2. The highest BCUT2D eigenvalue weighted by atomic mass is 19.4. The first-order valence-corrected chi connectivity index (χ1v) is 13.5. The number of alkyl halides is 3. The van der Waals surface area contributed by atoms with Crippen LogP contribution in [0.2, 0.25) is 0 Å². The Morgan fingerprint density at radius 2 is 1.72 bits per heavy atom. The van der Waals surface area contributed by atoms with Crippen molar-refractivity contribution in [3.63, 3.8) is 0 Å². The third-order valence-electron chi connectivity index (χ3n) is 7.45. The number of carbonyl (C=O) groups is 3. The molecule has 43 heavy (non-hydrogen) atoms. The number of benzene rings is 3. The van der Waals surface area contributed by atoms with Gasteiger partial charge in [-0.3, -0.25) is 14.5 Å². The van der Waals surface area contributed by atoms with Crippen molar-refractivity contribution in [1.82, 2.24) is 20.4 Å². The summed E-state index contributed by atoms with van der Waals surface area (Å²) < 4.78 is 55.8. The first kappa shape index (κ1) is 29.6. The number of nitrogens with one attached hydrogen (secondary N) is 2. The van der Waals surface area contributed by atoms with Gasteiger partial charge in [-0.2, -0.15) is 13.2 Å². The predicted octanol–water partition coefficient (Wildman–Crippen LogP) is 5.12. The van der Waals surface area contributed by atoms with Crippen LogP contribution in [0.5, 0.6) is 0 Å². The molecule has 4 amide bonds. The molecule has 5 rings (SSSR count). The molecule has 7 nitrogen and oxygen atoms in total. The monoisotopic (exact) mass is 592 g/mol. The Bertz CT molecular complexity index is 1590. The standard InChI is InChI=1S/C32H28F4N4O3/c1-2-15-39-26-19-40(30(42)27(26)28(38-31(39)43)23-13-6-7-14-24(23)32(34,35)36)25(17-20-9-4-3-5-10-20)29(41)37-18-21-11-8-12-22(33)16-21/h2-14,16,25,28H,1,15,17-19H2,(H,37,41)(H,38,43). The number of rotatable bonds is 9. The number of halogens is 4. The van der Waals surface area contributed by atoms with Crippen LogP contribution < -0.4 is 10.6 Å². The summed E-state index contributed by atoms with van der Waals surface area (Å²) in [6, 6.07) is 16.2. The normalized spacial score (nSPS) is 17.4. The molecule has 0 radical (unpaired) electrons. The van der Waals surface area contributed by atoms with Crippen LogP contribution in [0, 0.1) is 5.82 Å². The average molecular weight is 593 g/mol. The summed E-state index contributed by atoms with van der Waals surface area (Å²) in [5.41, 5.74) is 0.138. The maximum atomic E-state index is 14.1. The quantitative estimate of drug-likeness (QED) is 0.267. The van der Waals surface area contributed by atoms with Crippen molar-refractivity contribution in [2.45, 2.75) is 31.2 Å². The number of hydrogen-bond donors (Lipinski definition) is 2. The SMILES string of the molecule is C=CCN1C(=O)NC(c2ccccc2C(F)(F)F)C2=C1CN(C(Cc1ccccc1)C(=O)NCc1cccc(F)c1)C2=O. The van der Waals surface area contributed by atoms with E-state index in [4.69, 9.17) is 0 Å². The minimum Gasteiger partial charge on any atom is -0.350 e. The minimum atomic E-state index is -4.74. The van der Waals surface area contributed by atoms with E-state index in [0.29, 0.717) is 5.56 Å². The smallest absolute Gasteiger partial charge is 0.350 e. The van der Waals surface area contributed by atoms with Crippen LogP contribution in [0.25, 0.3) is 0 Å². The highest BCUT2D eigenvalue weighted by Crippen LogP contribution is 2.42. The zero-order valence-corrected chi connectivity index (χ0v) is 22.9. The molecule has 2 aliphatic rings. The van der Waals surface area contributed by atoms with Crippen LogP contribution in [0.3, 0.4) is 0 Å². The molecule has 0 spiro atoms. The number of hydrogen-bond acceptors (Lipinski definition) is 3. The van der Waals surface area contributed by atoms with Crippen LogP contribution in [0.4, 0.5) is 22.4 Å². The number of nitrogens with zero attached hydrogens (tertiary/aromatic N) is 2. The van der Waals surface area contributed by atoms with Crippen molar-refractivity contribution in [2.24, 2.45) is 0 Å². The molecule has 11 heteroatoms. The van der Waals surface area contributed by atoms with Gasteiger partial charge in [0.05, 0.1) is 29.4 Å². The van der Waals surface area contributed by atoms with E-state index in [-0.39, 0.29) is 42.9 Å². The summed E-state index contributed by atoms with van der Waals surface area (Å²) in [6.07, 6.45) is -3.21. The maximum Gasteiger partial charge on any atom is 0.416 e. The Labute approximate surface area is 245 Å². The van der Waals surface area contributed by atoms with Gasteiger partial charge in [0.15, 0.2) is 0 Å². The molecular formula is C32H28F4N4O3. The lowest BCUT2D eigenvalue weighted by molar-refractivity contribution is -0.138. The van der Waals surface area contributed by atoms with Gasteiger partial charge in [0.25, 0.3) is 5.91 Å². The molecule has 2 heterocycles. The molecule has 0 bridgehead atoms. The average Bonchev–Trinajstić information content (AvgIpc) is 3.32. The summed E-state index contributed by atoms with van der Waals surface area (Å²) in [7, 11) is 0. The van der Waals surface area contributed by atoms with Gasteiger partial charge >= 0.3 is 12.2 Å². The highest BCUT2D eigenvalue weighted by Gasteiger charge is 2.48. The van der Waals surface area contributed by atoms with Crippen molar-refractivity contribution in [1.29, 1.82) is 0 Å². The van der Waals surface area contributed by atoms with Gasteiger partial charge in [-0.15, -0.1) is 6.58 Å². The van der Waals surface area contributed by atoms with Crippen LogP contribution >= 0.6 is 0 Å². The minimum absolute atomic E-state index is 0.00541. The summed E-state index contributed by atoms with van der Waals surface area (Å²) in [6.45, 7) is 3.45. The van der Waals surface area contributed by atoms with Crippen LogP contribution in [-0.2, 0) is 28.7 Å². The van der Waals surface area contributed by atoms with Crippen molar-refractivity contribution >= 4 is 17.8 Å². The third kappa shape index (κ3) is 6.15. The molecule has 2 aliphatic heterocycles. The topological polar surface area (TPSA) is 81.8 Å². The van der Waals surface area contributed by atoms with E-state index in [0.717, 1.165) is 11.6 Å². The zero-order valence-electron chi connectivity index (χ0n) is 22.9. The Balaban J connectivity index is 1.53. The Kier molecular flexibility index (Phi) is 8.33. The van der Waals surface area contributed by atoms with Gasteiger partial charge in [0.2, 0.25) is 5.91 Å². The molecular weight excluding hydrogens is 564 g/mol.